The van der Waals surface area contributed by atoms with E-state index in [1.54, 1.807) is 0 Å². The maximum absolute atomic E-state index is 9.93. The summed E-state index contributed by atoms with van der Waals surface area (Å²) in [6.07, 6.45) is 0.377. The number of nitrogens with zero attached hydrogens (tertiary/aromatic N) is 1. The summed E-state index contributed by atoms with van der Waals surface area (Å²) in [7, 11) is 0. The number of nitrogens with two attached hydrogens (primary N) is 1. The Hall–Kier alpha value is -1.50. The quantitative estimate of drug-likeness (QED) is 0.270. The Kier molecular flexibility index (Phi) is 2.14. The second kappa shape index (κ2) is 2.64. The van der Waals surface area contributed by atoms with Gasteiger partial charge in [-0.15, -0.1) is 0 Å². The van der Waals surface area contributed by atoms with Crippen LogP contribution >= 0.6 is 0 Å². The molecule has 0 aliphatic carbocycles. The van der Waals surface area contributed by atoms with Gasteiger partial charge in [0.05, 0.1) is 0 Å². The highest BCUT2D eigenvalue weighted by atomic mass is 16.2. The first-order chi connectivity index (χ1) is 3.72. The predicted octanol–water partition coefficient (Wildman–Crippen LogP) is -0.563. The van der Waals surface area contributed by atoms with Crippen LogP contribution in [0.25, 0.3) is 0 Å². The molecule has 0 aliphatic heterocycles. The van der Waals surface area contributed by atoms with Gasteiger partial charge in [0.1, 0.15) is 12.3 Å². The third kappa shape index (κ3) is 1.30. The van der Waals surface area contributed by atoms with Gasteiger partial charge in [-0.05, 0) is 0 Å². The van der Waals surface area contributed by atoms with Crippen LogP contribution in [0, 0.1) is 11.3 Å². The van der Waals surface area contributed by atoms with Crippen LogP contribution in [0.3, 0.4) is 0 Å². The number of amides is 1. The van der Waals surface area contributed by atoms with Gasteiger partial charge in [-0.2, -0.15) is 5.26 Å². The summed E-state index contributed by atoms with van der Waals surface area (Å²) in [6.45, 7) is 0. The van der Waals surface area contributed by atoms with Gasteiger partial charge in [-0.3, -0.25) is 4.79 Å². The fraction of sp³-hybridized carbons (Fsp3) is 0. The first kappa shape index (κ1) is 6.50. The smallest absolute Gasteiger partial charge is 0.262 e. The molecule has 4 heteroatoms. The van der Waals surface area contributed by atoms with E-state index in [1.165, 1.54) is 6.07 Å². The highest BCUT2D eigenvalue weighted by Crippen LogP contribution is 1.84. The third-order valence-electron chi connectivity index (χ3n) is 0.515. The molecule has 1 amide bonds. The molecule has 3 N–H and O–H groups in total. The molecule has 0 aliphatic rings. The van der Waals surface area contributed by atoms with E-state index in [2.05, 4.69) is 5.73 Å². The Bertz CT molecular complexity index is 165. The zero-order valence-corrected chi connectivity index (χ0v) is 3.96. The van der Waals surface area contributed by atoms with Crippen LogP contribution in [0.4, 0.5) is 0 Å². The first-order valence-corrected chi connectivity index (χ1v) is 1.76. The molecule has 0 saturated heterocycles. The van der Waals surface area contributed by atoms with E-state index in [9.17, 15) is 4.79 Å². The summed E-state index contributed by atoms with van der Waals surface area (Å²) in [5.74, 6) is -0.921. The van der Waals surface area contributed by atoms with Gasteiger partial charge in [0.15, 0.2) is 5.57 Å². The van der Waals surface area contributed by atoms with Crippen LogP contribution in [0.1, 0.15) is 0 Å². The molecule has 0 rings (SSSR count). The van der Waals surface area contributed by atoms with Crippen molar-refractivity contribution in [2.24, 2.45) is 5.73 Å². The van der Waals surface area contributed by atoms with Crippen molar-refractivity contribution in [2.45, 2.75) is 0 Å². The molecule has 0 radical (unpaired) electrons. The normalized spacial score (nSPS) is 10.1. The van der Waals surface area contributed by atoms with E-state index in [0.29, 0.717) is 6.26 Å². The van der Waals surface area contributed by atoms with Crippen molar-refractivity contribution in [3.63, 3.8) is 0 Å². The van der Waals surface area contributed by atoms with Gasteiger partial charge in [-0.25, -0.2) is 0 Å². The predicted molar refractivity (Wildman–Crippen MR) is 25.5 cm³/mol. The molecule has 42 valence electrons. The zero-order valence-electron chi connectivity index (χ0n) is 3.96. The molecule has 0 heterocycles. The average Bonchev–Trinajstić information content (AvgIpc) is 1.69. The summed E-state index contributed by atoms with van der Waals surface area (Å²) in [4.78, 5) is 9.93. The van der Waals surface area contributed by atoms with Crippen molar-refractivity contribution in [1.29, 1.82) is 5.26 Å². The molecule has 0 aromatic rings. The van der Waals surface area contributed by atoms with Gasteiger partial charge in [0.2, 0.25) is 0 Å². The lowest BCUT2D eigenvalue weighted by Crippen LogP contribution is -2.12. The number of primary amides is 1. The standard InChI is InChI=1S/C4H4N2O2/c5-1-3(2-7)4(6)8/h2,7H,(H2,6,8)/b3-2-. The van der Waals surface area contributed by atoms with Crippen molar-refractivity contribution in [2.75, 3.05) is 0 Å². The SMILES string of the molecule is N#C/C(=C/O)C(N)=O. The zero-order chi connectivity index (χ0) is 6.57. The lowest BCUT2D eigenvalue weighted by Gasteiger charge is -1.81. The van der Waals surface area contributed by atoms with Gasteiger partial charge in [-0.1, -0.05) is 0 Å². The van der Waals surface area contributed by atoms with Crippen molar-refractivity contribution in [1.82, 2.24) is 0 Å². The second-order valence-corrected chi connectivity index (χ2v) is 1.02. The maximum atomic E-state index is 9.93. The van der Waals surface area contributed by atoms with Crippen LogP contribution < -0.4 is 5.73 Å². The topological polar surface area (TPSA) is 87.1 Å². The number of hydrogen-bond donors (Lipinski definition) is 2. The molecule has 0 fully saturated rings. The van der Waals surface area contributed by atoms with E-state index < -0.39 is 11.5 Å². The minimum absolute atomic E-state index is 0.377. The molecule has 4 nitrogen and oxygen atoms in total. The largest absolute Gasteiger partial charge is 0.514 e. The van der Waals surface area contributed by atoms with Crippen molar-refractivity contribution < 1.29 is 9.90 Å². The molecular weight excluding hydrogens is 108 g/mol. The molecule has 0 spiro atoms. The summed E-state index contributed by atoms with van der Waals surface area (Å²) in [5, 5.41) is 15.9. The lowest BCUT2D eigenvalue weighted by atomic mass is 10.3. The molecular formula is C4H4N2O2. The Morgan fingerprint density at radius 3 is 2.38 bits per heavy atom. The Balaban J connectivity index is 4.20. The van der Waals surface area contributed by atoms with E-state index >= 15 is 0 Å². The minimum Gasteiger partial charge on any atom is -0.514 e. The number of aliphatic hydroxyl groups is 1. The molecule has 0 atom stereocenters. The van der Waals surface area contributed by atoms with E-state index in [1.807, 2.05) is 0 Å². The summed E-state index contributed by atoms with van der Waals surface area (Å²) >= 11 is 0. The summed E-state index contributed by atoms with van der Waals surface area (Å²) < 4.78 is 0. The highest BCUT2D eigenvalue weighted by molar-refractivity contribution is 5.95. The number of hydrogen-bond acceptors (Lipinski definition) is 3. The summed E-state index contributed by atoms with van der Waals surface area (Å²) in [5.41, 5.74) is 4.13. The Labute approximate surface area is 45.8 Å². The number of aliphatic hydroxyl groups excluding tert-OH is 1. The monoisotopic (exact) mass is 112 g/mol. The fourth-order valence-electron chi connectivity index (χ4n) is 0.148. The number of nitriles is 1. The molecule has 0 aromatic carbocycles. The lowest BCUT2D eigenvalue weighted by molar-refractivity contribution is -0.114. The van der Waals surface area contributed by atoms with E-state index in [-0.39, 0.29) is 0 Å². The molecule has 0 aromatic heterocycles. The van der Waals surface area contributed by atoms with Crippen LogP contribution in [0.15, 0.2) is 11.8 Å². The molecule has 8 heavy (non-hydrogen) atoms. The number of carbonyl (C=O) groups excluding carboxylic acids is 1. The van der Waals surface area contributed by atoms with Crippen molar-refractivity contribution in [3.8, 4) is 6.07 Å². The van der Waals surface area contributed by atoms with Crippen LogP contribution in [-0.4, -0.2) is 11.0 Å². The fourth-order valence-corrected chi connectivity index (χ4v) is 0.148. The van der Waals surface area contributed by atoms with Gasteiger partial charge in [0, 0.05) is 0 Å². The Morgan fingerprint density at radius 1 is 1.88 bits per heavy atom. The molecule has 0 bridgehead atoms. The van der Waals surface area contributed by atoms with Crippen molar-refractivity contribution >= 4 is 5.91 Å². The number of carbonyl (C=O) groups is 1. The first-order valence-electron chi connectivity index (χ1n) is 1.76. The highest BCUT2D eigenvalue weighted by Gasteiger charge is 1.99. The Morgan fingerprint density at radius 2 is 2.38 bits per heavy atom. The summed E-state index contributed by atoms with van der Waals surface area (Å²) in [6, 6.07) is 1.39. The molecule has 0 unspecified atom stereocenters. The van der Waals surface area contributed by atoms with E-state index in [4.69, 9.17) is 10.4 Å². The van der Waals surface area contributed by atoms with E-state index in [0.717, 1.165) is 0 Å². The minimum atomic E-state index is -0.921. The van der Waals surface area contributed by atoms with Crippen LogP contribution in [-0.2, 0) is 4.79 Å². The van der Waals surface area contributed by atoms with Gasteiger partial charge >= 0.3 is 0 Å². The molecule has 0 saturated carbocycles. The van der Waals surface area contributed by atoms with Gasteiger partial charge < -0.3 is 10.8 Å². The average molecular weight is 112 g/mol. The second-order valence-electron chi connectivity index (χ2n) is 1.02. The van der Waals surface area contributed by atoms with Crippen molar-refractivity contribution in [3.05, 3.63) is 11.8 Å². The number of rotatable bonds is 1. The van der Waals surface area contributed by atoms with Gasteiger partial charge in [0.25, 0.3) is 5.91 Å². The third-order valence-corrected chi connectivity index (χ3v) is 0.515. The van der Waals surface area contributed by atoms with Crippen LogP contribution in [0.5, 0.6) is 0 Å². The van der Waals surface area contributed by atoms with Crippen LogP contribution in [0.2, 0.25) is 0 Å². The maximum Gasteiger partial charge on any atom is 0.262 e.